The second-order valence-electron chi connectivity index (χ2n) is 4.44. The zero-order chi connectivity index (χ0) is 13.1. The summed E-state index contributed by atoms with van der Waals surface area (Å²) in [5.41, 5.74) is 5.08. The molecule has 0 atom stereocenters. The van der Waals surface area contributed by atoms with Crippen molar-refractivity contribution in [2.75, 3.05) is 13.2 Å². The highest BCUT2D eigenvalue weighted by Gasteiger charge is 2.20. The maximum Gasteiger partial charge on any atom is 0.235 e. The zero-order valence-electron chi connectivity index (χ0n) is 10.4. The van der Waals surface area contributed by atoms with Crippen LogP contribution in [-0.4, -0.2) is 19.2 Å². The number of hydrogen-bond acceptors (Lipinski definition) is 3. The molecule has 1 aliphatic rings. The molecule has 0 unspecified atom stereocenters. The summed E-state index contributed by atoms with van der Waals surface area (Å²) in [4.78, 5) is 13.5. The van der Waals surface area contributed by atoms with Gasteiger partial charge in [0.05, 0.1) is 6.54 Å². The fourth-order valence-electron chi connectivity index (χ4n) is 2.51. The predicted octanol–water partition coefficient (Wildman–Crippen LogP) is 2.97. The first-order valence-electron chi connectivity index (χ1n) is 6.27. The molecule has 3 heteroatoms. The van der Waals surface area contributed by atoms with E-state index >= 15 is 0 Å². The summed E-state index contributed by atoms with van der Waals surface area (Å²) < 4.78 is 5.71. The molecule has 94 valence electrons. The number of aliphatic imine (C=N–C) groups is 1. The van der Waals surface area contributed by atoms with Crippen LogP contribution in [0.1, 0.15) is 11.1 Å². The van der Waals surface area contributed by atoms with Crippen LogP contribution in [0, 0.1) is 0 Å². The van der Waals surface area contributed by atoms with Crippen molar-refractivity contribution in [1.29, 1.82) is 0 Å². The highest BCUT2D eigenvalue weighted by Crippen LogP contribution is 2.40. The fraction of sp³-hybridized carbons (Fsp3) is 0.188. The summed E-state index contributed by atoms with van der Waals surface area (Å²) in [6, 6.07) is 14.5. The SMILES string of the molecule is O=C=NCCOc1cccc2c1Cc1ccccc1-2. The van der Waals surface area contributed by atoms with Gasteiger partial charge in [0.15, 0.2) is 0 Å². The van der Waals surface area contributed by atoms with Crippen LogP contribution in [0.5, 0.6) is 5.75 Å². The van der Waals surface area contributed by atoms with Gasteiger partial charge >= 0.3 is 0 Å². The molecule has 0 bridgehead atoms. The number of nitrogens with zero attached hydrogens (tertiary/aromatic N) is 1. The van der Waals surface area contributed by atoms with Gasteiger partial charge in [0, 0.05) is 12.0 Å². The molecular weight excluding hydrogens is 238 g/mol. The smallest absolute Gasteiger partial charge is 0.235 e. The van der Waals surface area contributed by atoms with Gasteiger partial charge in [-0.3, -0.25) is 0 Å². The van der Waals surface area contributed by atoms with Crippen LogP contribution in [0.3, 0.4) is 0 Å². The van der Waals surface area contributed by atoms with Crippen LogP contribution in [-0.2, 0) is 11.2 Å². The topological polar surface area (TPSA) is 38.7 Å². The predicted molar refractivity (Wildman–Crippen MR) is 73.2 cm³/mol. The monoisotopic (exact) mass is 251 g/mol. The molecule has 2 aromatic rings. The van der Waals surface area contributed by atoms with E-state index in [0.29, 0.717) is 13.2 Å². The van der Waals surface area contributed by atoms with Gasteiger partial charge in [-0.15, -0.1) is 0 Å². The molecule has 2 aromatic carbocycles. The quantitative estimate of drug-likeness (QED) is 0.406. The highest BCUT2D eigenvalue weighted by atomic mass is 16.5. The number of benzene rings is 2. The van der Waals surface area contributed by atoms with Crippen LogP contribution in [0.4, 0.5) is 0 Å². The number of fused-ring (bicyclic) bond motifs is 3. The van der Waals surface area contributed by atoms with Crippen LogP contribution in [0.25, 0.3) is 11.1 Å². The standard InChI is InChI=1S/C16H13NO2/c18-11-17-8-9-19-16-7-3-6-14-13-5-2-1-4-12(13)10-15(14)16/h1-7H,8-10H2. The van der Waals surface area contributed by atoms with Crippen molar-refractivity contribution >= 4 is 6.08 Å². The molecule has 0 aromatic heterocycles. The summed E-state index contributed by atoms with van der Waals surface area (Å²) in [5, 5.41) is 0. The van der Waals surface area contributed by atoms with Gasteiger partial charge < -0.3 is 4.74 Å². The Bertz CT molecular complexity index is 658. The fourth-order valence-corrected chi connectivity index (χ4v) is 2.51. The molecule has 0 radical (unpaired) electrons. The zero-order valence-corrected chi connectivity index (χ0v) is 10.4. The first kappa shape index (κ1) is 11.7. The largest absolute Gasteiger partial charge is 0.491 e. The van der Waals surface area contributed by atoms with Gasteiger partial charge in [-0.2, -0.15) is 0 Å². The third-order valence-corrected chi connectivity index (χ3v) is 3.33. The average molecular weight is 251 g/mol. The van der Waals surface area contributed by atoms with E-state index in [4.69, 9.17) is 4.74 Å². The number of isocyanates is 1. The third-order valence-electron chi connectivity index (χ3n) is 3.33. The second-order valence-corrected chi connectivity index (χ2v) is 4.44. The Hall–Kier alpha value is -2.38. The molecule has 1 aliphatic carbocycles. The molecule has 0 saturated carbocycles. The first-order valence-corrected chi connectivity index (χ1v) is 6.27. The van der Waals surface area contributed by atoms with Gasteiger partial charge in [-0.05, 0) is 22.8 Å². The number of carbonyl (C=O) groups excluding carboxylic acids is 1. The molecule has 0 aliphatic heterocycles. The Morgan fingerprint density at radius 1 is 1.11 bits per heavy atom. The minimum absolute atomic E-state index is 0.347. The van der Waals surface area contributed by atoms with E-state index in [0.717, 1.165) is 12.2 Å². The molecule has 19 heavy (non-hydrogen) atoms. The van der Waals surface area contributed by atoms with Crippen molar-refractivity contribution in [2.45, 2.75) is 6.42 Å². The molecule has 0 N–H and O–H groups in total. The lowest BCUT2D eigenvalue weighted by Gasteiger charge is -2.09. The molecule has 3 nitrogen and oxygen atoms in total. The van der Waals surface area contributed by atoms with Crippen LogP contribution >= 0.6 is 0 Å². The summed E-state index contributed by atoms with van der Waals surface area (Å²) in [6.45, 7) is 0.752. The van der Waals surface area contributed by atoms with Crippen LogP contribution in [0.2, 0.25) is 0 Å². The van der Waals surface area contributed by atoms with Gasteiger partial charge in [0.1, 0.15) is 12.4 Å². The van der Waals surface area contributed by atoms with E-state index in [9.17, 15) is 4.79 Å². The van der Waals surface area contributed by atoms with Crippen LogP contribution < -0.4 is 4.74 Å². The van der Waals surface area contributed by atoms with Gasteiger partial charge in [-0.1, -0.05) is 36.4 Å². The van der Waals surface area contributed by atoms with Crippen molar-refractivity contribution in [3.8, 4) is 16.9 Å². The van der Waals surface area contributed by atoms with E-state index in [1.807, 2.05) is 12.1 Å². The maximum absolute atomic E-state index is 10.0. The Morgan fingerprint density at radius 2 is 1.95 bits per heavy atom. The number of hydrogen-bond donors (Lipinski definition) is 0. The van der Waals surface area contributed by atoms with E-state index in [1.54, 1.807) is 0 Å². The lowest BCUT2D eigenvalue weighted by molar-refractivity contribution is 0.326. The van der Waals surface area contributed by atoms with Crippen LogP contribution in [0.15, 0.2) is 47.5 Å². The number of ether oxygens (including phenoxy) is 1. The summed E-state index contributed by atoms with van der Waals surface area (Å²) in [6.07, 6.45) is 2.42. The highest BCUT2D eigenvalue weighted by molar-refractivity contribution is 5.78. The van der Waals surface area contributed by atoms with Crippen molar-refractivity contribution in [3.05, 3.63) is 53.6 Å². The van der Waals surface area contributed by atoms with Gasteiger partial charge in [-0.25, -0.2) is 9.79 Å². The van der Waals surface area contributed by atoms with E-state index in [2.05, 4.69) is 35.3 Å². The Morgan fingerprint density at radius 3 is 2.84 bits per heavy atom. The van der Waals surface area contributed by atoms with E-state index < -0.39 is 0 Å². The number of rotatable bonds is 4. The lowest BCUT2D eigenvalue weighted by Crippen LogP contribution is -2.02. The maximum atomic E-state index is 10.0. The Balaban J connectivity index is 1.88. The summed E-state index contributed by atoms with van der Waals surface area (Å²) >= 11 is 0. The normalized spacial score (nSPS) is 11.4. The summed E-state index contributed by atoms with van der Waals surface area (Å²) in [7, 11) is 0. The third kappa shape index (κ3) is 2.16. The van der Waals surface area contributed by atoms with Gasteiger partial charge in [0.25, 0.3) is 0 Å². The lowest BCUT2D eigenvalue weighted by atomic mass is 10.1. The molecule has 0 heterocycles. The van der Waals surface area contributed by atoms with E-state index in [1.165, 1.54) is 28.3 Å². The van der Waals surface area contributed by atoms with Gasteiger partial charge in [0.2, 0.25) is 6.08 Å². The molecule has 0 amide bonds. The van der Waals surface area contributed by atoms with Crippen molar-refractivity contribution < 1.29 is 9.53 Å². The minimum Gasteiger partial charge on any atom is -0.491 e. The molecule has 0 saturated heterocycles. The molecule has 0 spiro atoms. The van der Waals surface area contributed by atoms with Crippen molar-refractivity contribution in [2.24, 2.45) is 4.99 Å². The average Bonchev–Trinajstić information content (AvgIpc) is 2.83. The molecule has 3 rings (SSSR count). The van der Waals surface area contributed by atoms with Crippen molar-refractivity contribution in [3.63, 3.8) is 0 Å². The van der Waals surface area contributed by atoms with Crippen molar-refractivity contribution in [1.82, 2.24) is 0 Å². The second kappa shape index (κ2) is 5.09. The Kier molecular flexibility index (Phi) is 3.13. The molecule has 0 fully saturated rings. The first-order chi connectivity index (χ1) is 9.40. The van der Waals surface area contributed by atoms with E-state index in [-0.39, 0.29) is 0 Å². The summed E-state index contributed by atoms with van der Waals surface area (Å²) in [5.74, 6) is 0.884. The minimum atomic E-state index is 0.347. The Labute approximate surface area is 111 Å². The molecular formula is C16H13NO2.